The van der Waals surface area contributed by atoms with Gasteiger partial charge in [-0.05, 0) is 0 Å². The van der Waals surface area contributed by atoms with Gasteiger partial charge in [-0.25, -0.2) is 0 Å². The minimum absolute atomic E-state index is 0. The summed E-state index contributed by atoms with van der Waals surface area (Å²) in [4.78, 5) is 24.7. The van der Waals surface area contributed by atoms with Gasteiger partial charge in [0.05, 0.1) is 0 Å². The Morgan fingerprint density at radius 1 is 0.700 bits per heavy atom. The van der Waals surface area contributed by atoms with Gasteiger partial charge >= 0.3 is 40.8 Å². The average molecular weight is 279 g/mol. The van der Waals surface area contributed by atoms with Gasteiger partial charge in [-0.1, -0.05) is 19.4 Å². The number of aliphatic hydroxyl groups excluding tert-OH is 3. The summed E-state index contributed by atoms with van der Waals surface area (Å²) in [5.41, 5.74) is 0. The molecule has 10 heavy (non-hydrogen) atoms. The molecule has 0 atom stereocenters. The Balaban J connectivity index is -0.0000000257. The van der Waals surface area contributed by atoms with Crippen LogP contribution < -0.4 is 0 Å². The van der Waals surface area contributed by atoms with Gasteiger partial charge in [-0.15, -0.1) is 0 Å². The van der Waals surface area contributed by atoms with E-state index in [1.807, 2.05) is 0 Å². The van der Waals surface area contributed by atoms with E-state index in [-0.39, 0.29) is 40.8 Å². The van der Waals surface area contributed by atoms with E-state index in [0.29, 0.717) is 19.4 Å². The molecule has 0 aromatic carbocycles. The topological polar surface area (TPSA) is 112 Å². The molecule has 0 fully saturated rings. The fraction of sp³-hybridized carbons (Fsp3) is 0. The second kappa shape index (κ2) is 69.2. The summed E-state index contributed by atoms with van der Waals surface area (Å²) in [5.74, 6) is 0. The van der Waals surface area contributed by atoms with Crippen LogP contribution in [0.25, 0.3) is 0 Å². The van der Waals surface area contributed by atoms with Crippen molar-refractivity contribution in [3.05, 3.63) is 0 Å². The minimum atomic E-state index is 0. The molecule has 0 saturated carbocycles. The monoisotopic (exact) mass is 277 g/mol. The van der Waals surface area contributed by atoms with Crippen molar-refractivity contribution in [1.29, 1.82) is 0 Å². The van der Waals surface area contributed by atoms with Crippen molar-refractivity contribution in [2.75, 3.05) is 0 Å². The maximum atomic E-state index is 8.24. The van der Waals surface area contributed by atoms with Crippen LogP contribution in [0.15, 0.2) is 0 Å². The van der Waals surface area contributed by atoms with Crippen molar-refractivity contribution >= 4 is 19.4 Å². The molecule has 0 aliphatic carbocycles. The molecule has 0 amide bonds. The molecule has 7 heteroatoms. The van der Waals surface area contributed by atoms with Gasteiger partial charge in [0.25, 0.3) is 0 Å². The molecule has 0 unspecified atom stereocenters. The van der Waals surface area contributed by atoms with Crippen molar-refractivity contribution in [2.24, 2.45) is 0 Å². The van der Waals surface area contributed by atoms with E-state index >= 15 is 0 Å². The number of hydrogen-bond donors (Lipinski definition) is 3. The molecule has 0 aliphatic heterocycles. The molecule has 0 rings (SSSR count). The maximum absolute atomic E-state index is 8.24. The first-order chi connectivity index (χ1) is 4.24. The van der Waals surface area contributed by atoms with Crippen LogP contribution in [0.3, 0.4) is 0 Å². The number of rotatable bonds is 0. The smallest absolute Gasteiger partial charge is 0.665 e. The summed E-state index contributed by atoms with van der Waals surface area (Å²) < 4.78 is 0. The van der Waals surface area contributed by atoms with Crippen molar-refractivity contribution in [3.8, 4) is 0 Å². The third kappa shape index (κ3) is 6190. The zero-order chi connectivity index (χ0) is 8.12. The van der Waals surface area contributed by atoms with E-state index in [4.69, 9.17) is 29.7 Å². The van der Waals surface area contributed by atoms with Gasteiger partial charge in [0, 0.05) is 0 Å². The fourth-order valence-corrected chi connectivity index (χ4v) is 0. The van der Waals surface area contributed by atoms with Gasteiger partial charge in [0.2, 0.25) is 0 Å². The molecule has 0 saturated heterocycles. The molecule has 1 radical (unpaired) electrons. The summed E-state index contributed by atoms with van der Waals surface area (Å²) in [6, 6.07) is 0. The fourth-order valence-electron chi connectivity index (χ4n) is 0. The van der Waals surface area contributed by atoms with Crippen LogP contribution >= 0.6 is 0 Å². The molecule has 0 aliphatic rings. The van der Waals surface area contributed by atoms with E-state index in [2.05, 4.69) is 0 Å². The second-order valence-electron chi connectivity index (χ2n) is 0.274. The molecular formula is C3H3NdO6. The van der Waals surface area contributed by atoms with E-state index in [1.165, 1.54) is 0 Å². The molecule has 0 aromatic heterocycles. The Morgan fingerprint density at radius 2 is 0.700 bits per heavy atom. The van der Waals surface area contributed by atoms with Gasteiger partial charge < -0.3 is 29.7 Å². The number of hydrogen-bond acceptors (Lipinski definition) is 3. The molecular weight excluding hydrogens is 276 g/mol. The molecule has 0 bridgehead atoms. The SMILES string of the molecule is O=[C-]O.O=[C-]O.O=[C-]O.[Nd+3]. The average Bonchev–Trinajstić information content (AvgIpc) is 1.70. The first-order valence-electron chi connectivity index (χ1n) is 1.28. The quantitative estimate of drug-likeness (QED) is 0.482. The van der Waals surface area contributed by atoms with Crippen LogP contribution in [0.1, 0.15) is 0 Å². The van der Waals surface area contributed by atoms with Crippen molar-refractivity contribution in [3.63, 3.8) is 0 Å². The Labute approximate surface area is 89.4 Å². The molecule has 55 valence electrons. The standard InChI is InChI=1S/3CHO2.Nd/c3*2-1-3;/h3*(H,2,3);/q3*-1;+3. The van der Waals surface area contributed by atoms with Gasteiger partial charge in [-0.2, -0.15) is 0 Å². The summed E-state index contributed by atoms with van der Waals surface area (Å²) in [6.45, 7) is 1.50. The van der Waals surface area contributed by atoms with E-state index < -0.39 is 0 Å². The van der Waals surface area contributed by atoms with Gasteiger partial charge in [0.15, 0.2) is 0 Å². The summed E-state index contributed by atoms with van der Waals surface area (Å²) in [5, 5.41) is 20.3. The van der Waals surface area contributed by atoms with Crippen LogP contribution in [0, 0.1) is 40.8 Å². The maximum Gasteiger partial charge on any atom is 3.00 e. The van der Waals surface area contributed by atoms with E-state index in [0.717, 1.165) is 0 Å². The summed E-state index contributed by atoms with van der Waals surface area (Å²) in [7, 11) is 0. The van der Waals surface area contributed by atoms with Crippen molar-refractivity contribution in [1.82, 2.24) is 0 Å². The Bertz CT molecular complexity index is 49.7. The third-order valence-electron chi connectivity index (χ3n) is 0. The Kier molecular flexibility index (Phi) is 156. The largest absolute Gasteiger partial charge is 3.00 e. The van der Waals surface area contributed by atoms with E-state index in [1.54, 1.807) is 0 Å². The third-order valence-corrected chi connectivity index (χ3v) is 0. The predicted molar refractivity (Wildman–Crippen MR) is 25.0 cm³/mol. The predicted octanol–water partition coefficient (Wildman–Crippen LogP) is -1.17. The van der Waals surface area contributed by atoms with E-state index in [9.17, 15) is 0 Å². The summed E-state index contributed by atoms with van der Waals surface area (Å²) >= 11 is 0. The van der Waals surface area contributed by atoms with Crippen LogP contribution in [-0.2, 0) is 14.4 Å². The Hall–Kier alpha value is -0.239. The molecule has 0 aromatic rings. The zero-order valence-corrected chi connectivity index (χ0v) is 7.77. The van der Waals surface area contributed by atoms with Crippen molar-refractivity contribution in [2.45, 2.75) is 0 Å². The molecule has 0 spiro atoms. The Morgan fingerprint density at radius 3 is 0.700 bits per heavy atom. The first-order valence-corrected chi connectivity index (χ1v) is 1.28. The second-order valence-corrected chi connectivity index (χ2v) is 0.274. The van der Waals surface area contributed by atoms with Crippen LogP contribution in [0.5, 0.6) is 0 Å². The van der Waals surface area contributed by atoms with Crippen LogP contribution in [-0.4, -0.2) is 34.7 Å². The van der Waals surface area contributed by atoms with Gasteiger partial charge in [0.1, 0.15) is 0 Å². The van der Waals surface area contributed by atoms with Crippen LogP contribution in [0.2, 0.25) is 0 Å². The molecule has 3 N–H and O–H groups in total. The van der Waals surface area contributed by atoms with Crippen LogP contribution in [0.4, 0.5) is 0 Å². The molecule has 6 nitrogen and oxygen atoms in total. The normalized spacial score (nSPS) is 3.60. The van der Waals surface area contributed by atoms with Crippen molar-refractivity contribution < 1.29 is 70.5 Å². The molecule has 0 heterocycles. The summed E-state index contributed by atoms with van der Waals surface area (Å²) in [6.07, 6.45) is 0. The minimum Gasteiger partial charge on any atom is -0.665 e. The first kappa shape index (κ1) is 22.6. The van der Waals surface area contributed by atoms with Gasteiger partial charge in [-0.3, -0.25) is 0 Å². The zero-order valence-electron chi connectivity index (χ0n) is 4.57.